The maximum Gasteiger partial charge on any atom is 0.344 e. The van der Waals surface area contributed by atoms with Crippen molar-refractivity contribution in [2.24, 2.45) is 0 Å². The fourth-order valence-electron chi connectivity index (χ4n) is 1.22. The number of carbonyl (C=O) groups is 3. The molecule has 0 spiro atoms. The van der Waals surface area contributed by atoms with Crippen molar-refractivity contribution in [3.8, 4) is 5.75 Å². The summed E-state index contributed by atoms with van der Waals surface area (Å²) in [6.07, 6.45) is 0.713. The van der Waals surface area contributed by atoms with E-state index in [1.807, 2.05) is 0 Å². The van der Waals surface area contributed by atoms with Gasteiger partial charge in [-0.15, -0.1) is 0 Å². The van der Waals surface area contributed by atoms with Gasteiger partial charge in [0, 0.05) is 12.1 Å². The molecule has 0 unspecified atom stereocenters. The molecule has 1 amide bonds. The number of carbonyl (C=O) groups excluding carboxylic acids is 3. The predicted octanol–water partition coefficient (Wildman–Crippen LogP) is 0.557. The number of likely N-dealkylation sites (N-methyl/N-ethyl adjacent to an activating group) is 1. The second-order valence-corrected chi connectivity index (χ2v) is 3.59. The van der Waals surface area contributed by atoms with Gasteiger partial charge in [-0.05, 0) is 31.2 Å². The van der Waals surface area contributed by atoms with E-state index < -0.39 is 5.97 Å². The Morgan fingerprint density at radius 1 is 1.21 bits per heavy atom. The molecule has 0 fully saturated rings. The quantitative estimate of drug-likeness (QED) is 0.575. The number of benzene rings is 1. The Morgan fingerprint density at radius 2 is 1.89 bits per heavy atom. The summed E-state index contributed by atoms with van der Waals surface area (Å²) in [6, 6.07) is 6.28. The van der Waals surface area contributed by atoms with E-state index in [2.05, 4.69) is 5.32 Å². The van der Waals surface area contributed by atoms with Crippen molar-refractivity contribution < 1.29 is 23.9 Å². The minimum Gasteiger partial charge on any atom is -0.482 e. The van der Waals surface area contributed by atoms with Gasteiger partial charge in [0.25, 0.3) is 5.91 Å². The second kappa shape index (κ2) is 7.86. The van der Waals surface area contributed by atoms with Gasteiger partial charge in [0.15, 0.2) is 13.2 Å². The molecule has 6 heteroatoms. The highest BCUT2D eigenvalue weighted by Crippen LogP contribution is 2.10. The Hall–Kier alpha value is -2.37. The highest BCUT2D eigenvalue weighted by molar-refractivity contribution is 5.80. The van der Waals surface area contributed by atoms with Gasteiger partial charge >= 0.3 is 5.97 Å². The van der Waals surface area contributed by atoms with Crippen molar-refractivity contribution in [2.45, 2.75) is 6.92 Å². The van der Waals surface area contributed by atoms with E-state index >= 15 is 0 Å². The van der Waals surface area contributed by atoms with Gasteiger partial charge < -0.3 is 14.8 Å². The molecule has 0 saturated heterocycles. The zero-order valence-electron chi connectivity index (χ0n) is 10.5. The minimum absolute atomic E-state index is 0.292. The van der Waals surface area contributed by atoms with Crippen molar-refractivity contribution >= 4 is 18.2 Å². The van der Waals surface area contributed by atoms with Crippen molar-refractivity contribution in [3.63, 3.8) is 0 Å². The summed E-state index contributed by atoms with van der Waals surface area (Å²) in [6.45, 7) is 1.64. The molecule has 0 bridgehead atoms. The maximum atomic E-state index is 11.3. The number of hydrogen-bond acceptors (Lipinski definition) is 5. The molecule has 0 heterocycles. The van der Waals surface area contributed by atoms with Crippen LogP contribution in [0.5, 0.6) is 5.75 Å². The normalized spacial score (nSPS) is 9.53. The van der Waals surface area contributed by atoms with E-state index in [1.54, 1.807) is 31.2 Å². The van der Waals surface area contributed by atoms with E-state index in [4.69, 9.17) is 9.47 Å². The molecule has 0 aliphatic rings. The Kier molecular flexibility index (Phi) is 6.08. The lowest BCUT2D eigenvalue weighted by atomic mass is 10.2. The van der Waals surface area contributed by atoms with E-state index in [1.165, 1.54) is 0 Å². The maximum absolute atomic E-state index is 11.3. The molecule has 1 rings (SSSR count). The SMILES string of the molecule is CCNC(=O)COC(=O)COc1ccc(C=O)cc1. The van der Waals surface area contributed by atoms with Crippen molar-refractivity contribution in [2.75, 3.05) is 19.8 Å². The van der Waals surface area contributed by atoms with Crippen molar-refractivity contribution in [1.82, 2.24) is 5.32 Å². The molecule has 0 radical (unpaired) electrons. The molecule has 0 atom stereocenters. The van der Waals surface area contributed by atoms with Gasteiger partial charge in [-0.1, -0.05) is 0 Å². The number of ether oxygens (including phenoxy) is 2. The van der Waals surface area contributed by atoms with Crippen LogP contribution in [0.2, 0.25) is 0 Å². The lowest BCUT2D eigenvalue weighted by molar-refractivity contribution is -0.150. The highest BCUT2D eigenvalue weighted by Gasteiger charge is 2.07. The monoisotopic (exact) mass is 265 g/mol. The second-order valence-electron chi connectivity index (χ2n) is 3.59. The molecule has 19 heavy (non-hydrogen) atoms. The fraction of sp³-hybridized carbons (Fsp3) is 0.308. The Bertz CT molecular complexity index is 441. The summed E-state index contributed by atoms with van der Waals surface area (Å²) in [7, 11) is 0. The standard InChI is InChI=1S/C13H15NO5/c1-2-14-12(16)8-19-13(17)9-18-11-5-3-10(7-15)4-6-11/h3-7H,2,8-9H2,1H3,(H,14,16). The van der Waals surface area contributed by atoms with E-state index in [9.17, 15) is 14.4 Å². The Labute approximate surface area is 110 Å². The summed E-state index contributed by atoms with van der Waals surface area (Å²) >= 11 is 0. The van der Waals surface area contributed by atoms with Crippen LogP contribution in [0.4, 0.5) is 0 Å². The van der Waals surface area contributed by atoms with E-state index in [0.29, 0.717) is 24.1 Å². The molecule has 0 saturated carbocycles. The van der Waals surface area contributed by atoms with Crippen LogP contribution in [0, 0.1) is 0 Å². The summed E-state index contributed by atoms with van der Waals surface area (Å²) in [4.78, 5) is 32.7. The van der Waals surface area contributed by atoms with Crippen molar-refractivity contribution in [1.29, 1.82) is 0 Å². The van der Waals surface area contributed by atoms with Crippen molar-refractivity contribution in [3.05, 3.63) is 29.8 Å². The first-order chi connectivity index (χ1) is 9.15. The smallest absolute Gasteiger partial charge is 0.344 e. The summed E-state index contributed by atoms with van der Waals surface area (Å²) in [5.41, 5.74) is 0.520. The molecule has 0 aliphatic carbocycles. The number of hydrogen-bond donors (Lipinski definition) is 1. The summed E-state index contributed by atoms with van der Waals surface area (Å²) < 4.78 is 9.83. The lowest BCUT2D eigenvalue weighted by Gasteiger charge is -2.07. The number of rotatable bonds is 7. The number of nitrogens with one attached hydrogen (secondary N) is 1. The molecule has 0 aliphatic heterocycles. The zero-order valence-corrected chi connectivity index (χ0v) is 10.5. The van der Waals surface area contributed by atoms with Crippen LogP contribution in [-0.2, 0) is 14.3 Å². The van der Waals surface area contributed by atoms with Gasteiger partial charge in [0.1, 0.15) is 12.0 Å². The minimum atomic E-state index is -0.634. The number of esters is 1. The molecular formula is C13H15NO5. The number of aldehydes is 1. The third-order valence-corrected chi connectivity index (χ3v) is 2.11. The molecule has 102 valence electrons. The Balaban J connectivity index is 2.29. The molecule has 1 N–H and O–H groups in total. The van der Waals surface area contributed by atoms with Gasteiger partial charge in [0.05, 0.1) is 0 Å². The van der Waals surface area contributed by atoms with Crippen LogP contribution in [0.25, 0.3) is 0 Å². The fourth-order valence-corrected chi connectivity index (χ4v) is 1.22. The average Bonchev–Trinajstić information content (AvgIpc) is 2.44. The lowest BCUT2D eigenvalue weighted by Crippen LogP contribution is -2.29. The molecule has 0 aromatic heterocycles. The first-order valence-electron chi connectivity index (χ1n) is 5.76. The summed E-state index contributed by atoms with van der Waals surface area (Å²) in [5.74, 6) is -0.544. The van der Waals surface area contributed by atoms with Gasteiger partial charge in [-0.2, -0.15) is 0 Å². The third kappa shape index (κ3) is 5.67. The van der Waals surface area contributed by atoms with E-state index in [-0.39, 0.29) is 19.1 Å². The van der Waals surface area contributed by atoms with Crippen LogP contribution in [0.15, 0.2) is 24.3 Å². The first kappa shape index (κ1) is 14.7. The first-order valence-corrected chi connectivity index (χ1v) is 5.76. The topological polar surface area (TPSA) is 81.7 Å². The van der Waals surface area contributed by atoms with Crippen LogP contribution >= 0.6 is 0 Å². The molecular weight excluding hydrogens is 250 g/mol. The Morgan fingerprint density at radius 3 is 2.47 bits per heavy atom. The van der Waals surface area contributed by atoms with Crippen LogP contribution in [-0.4, -0.2) is 37.9 Å². The summed E-state index contributed by atoms with van der Waals surface area (Å²) in [5, 5.41) is 2.50. The molecule has 1 aromatic carbocycles. The van der Waals surface area contributed by atoms with Gasteiger partial charge in [0.2, 0.25) is 0 Å². The highest BCUT2D eigenvalue weighted by atomic mass is 16.6. The van der Waals surface area contributed by atoms with Crippen LogP contribution in [0.3, 0.4) is 0 Å². The molecule has 1 aromatic rings. The third-order valence-electron chi connectivity index (χ3n) is 2.11. The van der Waals surface area contributed by atoms with Crippen LogP contribution < -0.4 is 10.1 Å². The van der Waals surface area contributed by atoms with Crippen LogP contribution in [0.1, 0.15) is 17.3 Å². The zero-order chi connectivity index (χ0) is 14.1. The van der Waals surface area contributed by atoms with Gasteiger partial charge in [-0.3, -0.25) is 9.59 Å². The largest absolute Gasteiger partial charge is 0.482 e. The number of amides is 1. The van der Waals surface area contributed by atoms with E-state index in [0.717, 1.165) is 0 Å². The van der Waals surface area contributed by atoms with Gasteiger partial charge in [-0.25, -0.2) is 4.79 Å². The predicted molar refractivity (Wildman–Crippen MR) is 67.0 cm³/mol. The average molecular weight is 265 g/mol. The molecule has 6 nitrogen and oxygen atoms in total.